The molecule has 1 aliphatic heterocycles. The van der Waals surface area contributed by atoms with Crippen LogP contribution in [0.3, 0.4) is 0 Å². The molecule has 0 bridgehead atoms. The van der Waals surface area contributed by atoms with E-state index >= 15 is 0 Å². The Kier molecular flexibility index (Phi) is 9.56. The van der Waals surface area contributed by atoms with E-state index in [1.165, 1.54) is 0 Å². The first kappa shape index (κ1) is 26.7. The molecule has 0 aromatic rings. The molecule has 3 rings (SSSR count). The van der Waals surface area contributed by atoms with Crippen LogP contribution in [-0.4, -0.2) is 53.7 Å². The molecule has 3 amide bonds. The summed E-state index contributed by atoms with van der Waals surface area (Å²) in [7, 11) is 0. The monoisotopic (exact) mass is 503 g/mol. The first-order valence-electron chi connectivity index (χ1n) is 12.3. The molecule has 0 spiro atoms. The molecule has 2 aliphatic carbocycles. The summed E-state index contributed by atoms with van der Waals surface area (Å²) < 4.78 is 32.1. The van der Waals surface area contributed by atoms with E-state index in [4.69, 9.17) is 4.74 Å². The van der Waals surface area contributed by atoms with Crippen molar-refractivity contribution < 1.29 is 32.7 Å². The number of rotatable bonds is 9. The number of hydrogen-bond acceptors (Lipinski definition) is 5. The summed E-state index contributed by atoms with van der Waals surface area (Å²) in [5.41, 5.74) is 0. The molecule has 0 aromatic carbocycles. The van der Waals surface area contributed by atoms with Crippen LogP contribution >= 0.6 is 12.6 Å². The van der Waals surface area contributed by atoms with Crippen LogP contribution in [0.25, 0.3) is 0 Å². The van der Waals surface area contributed by atoms with Crippen molar-refractivity contribution in [2.24, 2.45) is 11.8 Å². The van der Waals surface area contributed by atoms with E-state index in [9.17, 15) is 28.0 Å². The Morgan fingerprint density at radius 2 is 1.68 bits per heavy atom. The van der Waals surface area contributed by atoms with Gasteiger partial charge in [-0.15, -0.1) is 12.6 Å². The number of nitrogens with one attached hydrogen (secondary N) is 3. The van der Waals surface area contributed by atoms with E-state index in [0.717, 1.165) is 32.1 Å². The summed E-state index contributed by atoms with van der Waals surface area (Å²) in [5, 5.41) is 7.41. The Morgan fingerprint density at radius 3 is 2.26 bits per heavy atom. The van der Waals surface area contributed by atoms with E-state index in [0.29, 0.717) is 19.4 Å². The standard InChI is InChI=1S/C23H35F2N3O5S/c24-23(25)9-6-16(7-10-23)33-22(32)28-17(12-14-4-2-1-3-5-14)20(30)27-18(21(31)34)13-15-8-11-26-19(15)29/h14-18H,1-13H2,(H,26,29)(H,27,30)(H,28,32)(H,31,34)/t15-,17-,18-/m0/s1. The molecule has 192 valence electrons. The lowest BCUT2D eigenvalue weighted by molar-refractivity contribution is -0.128. The Hall–Kier alpha value is -1.91. The molecule has 3 N–H and O–H groups in total. The maximum absolute atomic E-state index is 13.4. The highest BCUT2D eigenvalue weighted by Gasteiger charge is 2.37. The van der Waals surface area contributed by atoms with Crippen molar-refractivity contribution in [1.29, 1.82) is 0 Å². The topological polar surface area (TPSA) is 114 Å². The van der Waals surface area contributed by atoms with E-state index < -0.39 is 41.2 Å². The molecule has 1 heterocycles. The van der Waals surface area contributed by atoms with Crippen molar-refractivity contribution in [3.8, 4) is 0 Å². The van der Waals surface area contributed by atoms with Gasteiger partial charge in [-0.05, 0) is 38.0 Å². The fraction of sp³-hybridized carbons (Fsp3) is 0.826. The molecular weight excluding hydrogens is 468 g/mol. The van der Waals surface area contributed by atoms with Gasteiger partial charge in [0.2, 0.25) is 22.9 Å². The molecule has 3 fully saturated rings. The Morgan fingerprint density at radius 1 is 1.00 bits per heavy atom. The van der Waals surface area contributed by atoms with Crippen LogP contribution in [0.1, 0.15) is 77.0 Å². The number of ether oxygens (including phenoxy) is 1. The molecule has 0 unspecified atom stereocenters. The van der Waals surface area contributed by atoms with Crippen LogP contribution in [0.4, 0.5) is 13.6 Å². The van der Waals surface area contributed by atoms with E-state index in [1.807, 2.05) is 0 Å². The first-order chi connectivity index (χ1) is 16.1. The molecule has 3 aliphatic rings. The minimum Gasteiger partial charge on any atom is -0.446 e. The van der Waals surface area contributed by atoms with Crippen molar-refractivity contribution in [3.63, 3.8) is 0 Å². The fourth-order valence-corrected chi connectivity index (χ4v) is 5.27. The number of alkyl carbamates (subject to hydrolysis) is 1. The molecule has 0 radical (unpaired) electrons. The summed E-state index contributed by atoms with van der Waals surface area (Å²) in [6, 6.07) is -1.90. The molecule has 2 saturated carbocycles. The summed E-state index contributed by atoms with van der Waals surface area (Å²) in [6.45, 7) is 0.524. The Balaban J connectivity index is 1.60. The van der Waals surface area contributed by atoms with Crippen LogP contribution in [0.5, 0.6) is 0 Å². The lowest BCUT2D eigenvalue weighted by atomic mass is 9.84. The van der Waals surface area contributed by atoms with Crippen molar-refractivity contribution in [2.75, 3.05) is 6.54 Å². The van der Waals surface area contributed by atoms with Crippen LogP contribution in [0.2, 0.25) is 0 Å². The zero-order valence-corrected chi connectivity index (χ0v) is 20.2. The number of alkyl halides is 2. The summed E-state index contributed by atoms with van der Waals surface area (Å²) in [6.07, 6.45) is 4.23. The van der Waals surface area contributed by atoms with Gasteiger partial charge in [-0.1, -0.05) is 32.1 Å². The Labute approximate surface area is 204 Å². The zero-order valence-electron chi connectivity index (χ0n) is 19.3. The van der Waals surface area contributed by atoms with E-state index in [-0.39, 0.29) is 49.8 Å². The van der Waals surface area contributed by atoms with Crippen LogP contribution in [-0.2, 0) is 19.1 Å². The van der Waals surface area contributed by atoms with Crippen molar-refractivity contribution >= 4 is 35.7 Å². The van der Waals surface area contributed by atoms with E-state index in [1.54, 1.807) is 0 Å². The number of carbonyl (C=O) groups is 4. The van der Waals surface area contributed by atoms with Gasteiger partial charge in [0.05, 0.1) is 6.04 Å². The minimum absolute atomic E-state index is 0.0690. The molecule has 8 nitrogen and oxygen atoms in total. The summed E-state index contributed by atoms with van der Waals surface area (Å²) in [4.78, 5) is 49.6. The van der Waals surface area contributed by atoms with Crippen LogP contribution < -0.4 is 16.0 Å². The molecule has 0 aromatic heterocycles. The molecule has 1 saturated heterocycles. The van der Waals surface area contributed by atoms with E-state index in [2.05, 4.69) is 28.6 Å². The largest absolute Gasteiger partial charge is 0.446 e. The second-order valence-electron chi connectivity index (χ2n) is 9.81. The maximum Gasteiger partial charge on any atom is 0.408 e. The predicted molar refractivity (Wildman–Crippen MR) is 123 cm³/mol. The molecule has 34 heavy (non-hydrogen) atoms. The third kappa shape index (κ3) is 8.09. The summed E-state index contributed by atoms with van der Waals surface area (Å²) >= 11 is 3.88. The second-order valence-corrected chi connectivity index (χ2v) is 10.2. The quantitative estimate of drug-likeness (QED) is 0.361. The van der Waals surface area contributed by atoms with Gasteiger partial charge >= 0.3 is 6.09 Å². The lowest BCUT2D eigenvalue weighted by Crippen LogP contribution is -2.52. The van der Waals surface area contributed by atoms with Crippen molar-refractivity contribution in [3.05, 3.63) is 0 Å². The van der Waals surface area contributed by atoms with Gasteiger partial charge in [0, 0.05) is 25.3 Å². The fourth-order valence-electron chi connectivity index (χ4n) is 5.10. The van der Waals surface area contributed by atoms with Gasteiger partial charge in [0.25, 0.3) is 0 Å². The number of thiol groups is 1. The van der Waals surface area contributed by atoms with Crippen LogP contribution in [0.15, 0.2) is 0 Å². The van der Waals surface area contributed by atoms with Gasteiger partial charge in [-0.2, -0.15) is 0 Å². The highest BCUT2D eigenvalue weighted by atomic mass is 32.1. The van der Waals surface area contributed by atoms with Crippen molar-refractivity contribution in [1.82, 2.24) is 16.0 Å². The van der Waals surface area contributed by atoms with Gasteiger partial charge in [-0.3, -0.25) is 14.4 Å². The second kappa shape index (κ2) is 12.2. The van der Waals surface area contributed by atoms with Crippen LogP contribution in [0, 0.1) is 11.8 Å². The third-order valence-electron chi connectivity index (χ3n) is 7.14. The Bertz CT molecular complexity index is 753. The van der Waals surface area contributed by atoms with Crippen molar-refractivity contribution in [2.45, 2.75) is 101 Å². The number of hydrogen-bond donors (Lipinski definition) is 4. The summed E-state index contributed by atoms with van der Waals surface area (Å²) in [5.74, 6) is -3.58. The maximum atomic E-state index is 13.4. The zero-order chi connectivity index (χ0) is 24.7. The average molecular weight is 504 g/mol. The van der Waals surface area contributed by atoms with Gasteiger partial charge < -0.3 is 20.7 Å². The smallest absolute Gasteiger partial charge is 0.408 e. The number of halogens is 2. The first-order valence-corrected chi connectivity index (χ1v) is 12.7. The van der Waals surface area contributed by atoms with Gasteiger partial charge in [0.15, 0.2) is 0 Å². The number of amides is 3. The predicted octanol–water partition coefficient (Wildman–Crippen LogP) is 3.10. The van der Waals surface area contributed by atoms with Gasteiger partial charge in [-0.25, -0.2) is 13.6 Å². The molecular formula is C23H35F2N3O5S. The molecule has 11 heteroatoms. The lowest BCUT2D eigenvalue weighted by Gasteiger charge is -2.30. The highest BCUT2D eigenvalue weighted by Crippen LogP contribution is 2.34. The normalized spacial score (nSPS) is 25.1. The van der Waals surface area contributed by atoms with Gasteiger partial charge in [0.1, 0.15) is 12.1 Å². The highest BCUT2D eigenvalue weighted by molar-refractivity contribution is 7.96. The SMILES string of the molecule is O=C(N[C@@H](CC1CCCCC1)C(=O)N[C@@H](C[C@@H]1CCNC1=O)C(=O)S)OC1CCC(F)(F)CC1. The minimum atomic E-state index is -2.73. The number of carbonyl (C=O) groups excluding carboxylic acids is 4. The average Bonchev–Trinajstić information content (AvgIpc) is 3.19. The molecule has 3 atom stereocenters. The third-order valence-corrected chi connectivity index (χ3v) is 7.45.